The summed E-state index contributed by atoms with van der Waals surface area (Å²) in [5.74, 6) is 0.423. The van der Waals surface area contributed by atoms with Gasteiger partial charge in [-0.25, -0.2) is 4.79 Å². The Kier molecular flexibility index (Phi) is 5.98. The van der Waals surface area contributed by atoms with Crippen molar-refractivity contribution in [1.82, 2.24) is 0 Å². The highest BCUT2D eigenvalue weighted by atomic mass is 16.6. The lowest BCUT2D eigenvalue weighted by atomic mass is 10.1. The van der Waals surface area contributed by atoms with Crippen LogP contribution in [0.5, 0.6) is 5.75 Å². The molecule has 0 spiro atoms. The maximum absolute atomic E-state index is 11.1. The number of carbonyl (C=O) groups excluding carboxylic acids is 1. The molecule has 0 aliphatic rings. The van der Waals surface area contributed by atoms with E-state index in [4.69, 9.17) is 14.2 Å². The minimum absolute atomic E-state index is 0.224. The van der Waals surface area contributed by atoms with Gasteiger partial charge in [0.05, 0.1) is 13.2 Å². The Hall–Kier alpha value is -2.33. The molecular formula is C18H20O4. The van der Waals surface area contributed by atoms with Crippen LogP contribution >= 0.6 is 0 Å². The zero-order valence-corrected chi connectivity index (χ0v) is 12.7. The van der Waals surface area contributed by atoms with Gasteiger partial charge in [-0.05, 0) is 29.8 Å². The number of rotatable bonds is 8. The topological polar surface area (TPSA) is 44.8 Å². The van der Waals surface area contributed by atoms with Gasteiger partial charge in [0.15, 0.2) is 0 Å². The molecule has 0 saturated heterocycles. The van der Waals surface area contributed by atoms with Crippen LogP contribution in [-0.2, 0) is 14.3 Å². The molecule has 2 aromatic carbocycles. The van der Waals surface area contributed by atoms with Crippen LogP contribution in [0.1, 0.15) is 6.92 Å². The molecule has 0 N–H and O–H groups in total. The minimum atomic E-state index is -0.393. The average molecular weight is 300 g/mol. The quantitative estimate of drug-likeness (QED) is 0.426. The van der Waals surface area contributed by atoms with Crippen molar-refractivity contribution in [3.8, 4) is 5.75 Å². The number of hydrogen-bond acceptors (Lipinski definition) is 4. The fourth-order valence-electron chi connectivity index (χ4n) is 1.89. The Bertz CT molecular complexity index is 648. The van der Waals surface area contributed by atoms with Crippen molar-refractivity contribution >= 4 is 16.7 Å². The molecule has 0 aliphatic carbocycles. The summed E-state index contributed by atoms with van der Waals surface area (Å²) >= 11 is 0. The Labute approximate surface area is 130 Å². The lowest BCUT2D eigenvalue weighted by Crippen LogP contribution is -2.13. The number of benzene rings is 2. The SMILES string of the molecule is C=C(C)C(=O)OCCOCCOc1ccc2ccccc2c1. The van der Waals surface area contributed by atoms with E-state index < -0.39 is 5.97 Å². The lowest BCUT2D eigenvalue weighted by Gasteiger charge is -2.08. The molecule has 4 heteroatoms. The summed E-state index contributed by atoms with van der Waals surface area (Å²) in [5, 5.41) is 2.33. The maximum Gasteiger partial charge on any atom is 0.333 e. The lowest BCUT2D eigenvalue weighted by molar-refractivity contribution is -0.140. The summed E-state index contributed by atoms with van der Waals surface area (Å²) < 4.78 is 15.9. The molecule has 0 heterocycles. The Balaban J connectivity index is 1.64. The summed E-state index contributed by atoms with van der Waals surface area (Å²) in [6.45, 7) is 6.58. The molecule has 0 saturated carbocycles. The van der Waals surface area contributed by atoms with Crippen molar-refractivity contribution in [3.05, 3.63) is 54.6 Å². The van der Waals surface area contributed by atoms with Crippen LogP contribution in [0.2, 0.25) is 0 Å². The Morgan fingerprint density at radius 2 is 1.73 bits per heavy atom. The molecule has 0 radical (unpaired) electrons. The summed E-state index contributed by atoms with van der Waals surface area (Å²) in [6, 6.07) is 14.1. The van der Waals surface area contributed by atoms with Gasteiger partial charge in [0.1, 0.15) is 19.0 Å². The van der Waals surface area contributed by atoms with Gasteiger partial charge in [0, 0.05) is 5.57 Å². The first kappa shape index (κ1) is 16.0. The predicted octanol–water partition coefficient (Wildman–Crippen LogP) is 3.35. The molecule has 0 bridgehead atoms. The number of esters is 1. The largest absolute Gasteiger partial charge is 0.491 e. The average Bonchev–Trinajstić information content (AvgIpc) is 2.53. The van der Waals surface area contributed by atoms with Crippen LogP contribution in [-0.4, -0.2) is 32.4 Å². The van der Waals surface area contributed by atoms with Gasteiger partial charge in [-0.2, -0.15) is 0 Å². The Morgan fingerprint density at radius 3 is 2.50 bits per heavy atom. The first-order chi connectivity index (χ1) is 10.7. The molecule has 2 rings (SSSR count). The highest BCUT2D eigenvalue weighted by Crippen LogP contribution is 2.20. The third kappa shape index (κ3) is 4.90. The van der Waals surface area contributed by atoms with E-state index in [1.165, 1.54) is 5.39 Å². The number of fused-ring (bicyclic) bond motifs is 1. The van der Waals surface area contributed by atoms with Gasteiger partial charge >= 0.3 is 5.97 Å². The molecular weight excluding hydrogens is 280 g/mol. The van der Waals surface area contributed by atoms with Crippen molar-refractivity contribution < 1.29 is 19.0 Å². The van der Waals surface area contributed by atoms with Crippen molar-refractivity contribution in [1.29, 1.82) is 0 Å². The van der Waals surface area contributed by atoms with Crippen LogP contribution < -0.4 is 4.74 Å². The van der Waals surface area contributed by atoms with Crippen molar-refractivity contribution in [2.24, 2.45) is 0 Å². The molecule has 4 nitrogen and oxygen atoms in total. The summed E-state index contributed by atoms with van der Waals surface area (Å²) in [4.78, 5) is 11.1. The van der Waals surface area contributed by atoms with Crippen LogP contribution in [0.25, 0.3) is 10.8 Å². The number of carbonyl (C=O) groups is 1. The molecule has 2 aromatic rings. The first-order valence-corrected chi connectivity index (χ1v) is 7.19. The molecule has 0 aliphatic heterocycles. The van der Waals surface area contributed by atoms with Crippen LogP contribution in [0.4, 0.5) is 0 Å². The van der Waals surface area contributed by atoms with Crippen LogP contribution in [0, 0.1) is 0 Å². The maximum atomic E-state index is 11.1. The van der Waals surface area contributed by atoms with E-state index in [-0.39, 0.29) is 6.61 Å². The van der Waals surface area contributed by atoms with Gasteiger partial charge in [-0.15, -0.1) is 0 Å². The molecule has 0 atom stereocenters. The Morgan fingerprint density at radius 1 is 1.00 bits per heavy atom. The fourth-order valence-corrected chi connectivity index (χ4v) is 1.89. The van der Waals surface area contributed by atoms with E-state index >= 15 is 0 Å². The highest BCUT2D eigenvalue weighted by Gasteiger charge is 2.02. The van der Waals surface area contributed by atoms with Crippen molar-refractivity contribution in [3.63, 3.8) is 0 Å². The summed E-state index contributed by atoms with van der Waals surface area (Å²) in [7, 11) is 0. The number of ether oxygens (including phenoxy) is 3. The molecule has 0 amide bonds. The van der Waals surface area contributed by atoms with Crippen LogP contribution in [0.3, 0.4) is 0 Å². The summed E-state index contributed by atoms with van der Waals surface area (Å²) in [6.07, 6.45) is 0. The molecule has 0 aromatic heterocycles. The normalized spacial score (nSPS) is 10.4. The standard InChI is InChI=1S/C18H20O4/c1-14(2)18(19)22-12-10-20-9-11-21-17-8-7-15-5-3-4-6-16(15)13-17/h3-8,13H,1,9-12H2,2H3. The van der Waals surface area contributed by atoms with E-state index in [1.54, 1.807) is 6.92 Å². The predicted molar refractivity (Wildman–Crippen MR) is 86.0 cm³/mol. The third-order valence-electron chi connectivity index (χ3n) is 3.03. The second kappa shape index (κ2) is 8.20. The van der Waals surface area contributed by atoms with E-state index in [0.29, 0.717) is 25.4 Å². The van der Waals surface area contributed by atoms with Crippen molar-refractivity contribution in [2.75, 3.05) is 26.4 Å². The second-order valence-electron chi connectivity index (χ2n) is 4.89. The summed E-state index contributed by atoms with van der Waals surface area (Å²) in [5.41, 5.74) is 0.389. The molecule has 0 unspecified atom stereocenters. The number of hydrogen-bond donors (Lipinski definition) is 0. The van der Waals surface area contributed by atoms with Crippen LogP contribution in [0.15, 0.2) is 54.6 Å². The van der Waals surface area contributed by atoms with Gasteiger partial charge in [-0.3, -0.25) is 0 Å². The third-order valence-corrected chi connectivity index (χ3v) is 3.03. The molecule has 22 heavy (non-hydrogen) atoms. The van der Waals surface area contributed by atoms with Gasteiger partial charge in [-0.1, -0.05) is 36.9 Å². The van der Waals surface area contributed by atoms with E-state index in [9.17, 15) is 4.79 Å². The second-order valence-corrected chi connectivity index (χ2v) is 4.89. The van der Waals surface area contributed by atoms with Gasteiger partial charge in [0.25, 0.3) is 0 Å². The monoisotopic (exact) mass is 300 g/mol. The zero-order chi connectivity index (χ0) is 15.8. The van der Waals surface area contributed by atoms with E-state index in [0.717, 1.165) is 11.1 Å². The molecule has 116 valence electrons. The van der Waals surface area contributed by atoms with Crippen molar-refractivity contribution in [2.45, 2.75) is 6.92 Å². The van der Waals surface area contributed by atoms with Gasteiger partial charge in [0.2, 0.25) is 0 Å². The minimum Gasteiger partial charge on any atom is -0.491 e. The highest BCUT2D eigenvalue weighted by molar-refractivity contribution is 5.86. The first-order valence-electron chi connectivity index (χ1n) is 7.19. The zero-order valence-electron chi connectivity index (χ0n) is 12.7. The molecule has 0 fully saturated rings. The smallest absolute Gasteiger partial charge is 0.333 e. The fraction of sp³-hybridized carbons (Fsp3) is 0.278. The van der Waals surface area contributed by atoms with Gasteiger partial charge < -0.3 is 14.2 Å². The van der Waals surface area contributed by atoms with E-state index in [2.05, 4.69) is 18.7 Å². The van der Waals surface area contributed by atoms with E-state index in [1.807, 2.05) is 30.3 Å².